The highest BCUT2D eigenvalue weighted by Crippen LogP contribution is 2.37. The molecule has 1 atom stereocenters. The van der Waals surface area contributed by atoms with E-state index in [-0.39, 0.29) is 17.9 Å². The molecule has 8 heteroatoms. The van der Waals surface area contributed by atoms with E-state index in [1.165, 1.54) is 0 Å². The zero-order chi connectivity index (χ0) is 21.3. The van der Waals surface area contributed by atoms with Crippen LogP contribution in [0.3, 0.4) is 0 Å². The van der Waals surface area contributed by atoms with Gasteiger partial charge < -0.3 is 19.9 Å². The Morgan fingerprint density at radius 2 is 1.97 bits per heavy atom. The summed E-state index contributed by atoms with van der Waals surface area (Å²) in [6.07, 6.45) is 8.64. The first kappa shape index (κ1) is 20.2. The van der Waals surface area contributed by atoms with Gasteiger partial charge in [0.05, 0.1) is 0 Å². The van der Waals surface area contributed by atoms with E-state index in [1.807, 2.05) is 12.1 Å². The fourth-order valence-electron chi connectivity index (χ4n) is 4.88. The van der Waals surface area contributed by atoms with Gasteiger partial charge in [-0.15, -0.1) is 0 Å². The second kappa shape index (κ2) is 8.42. The lowest BCUT2D eigenvalue weighted by atomic mass is 9.88. The molecular weight excluding hydrogens is 396 g/mol. The molecule has 1 saturated heterocycles. The van der Waals surface area contributed by atoms with Gasteiger partial charge in [-0.25, -0.2) is 0 Å². The van der Waals surface area contributed by atoms with Crippen molar-refractivity contribution < 1.29 is 18.8 Å². The van der Waals surface area contributed by atoms with Crippen molar-refractivity contribution in [2.75, 3.05) is 11.9 Å². The minimum atomic E-state index is -0.641. The van der Waals surface area contributed by atoms with Crippen molar-refractivity contribution in [2.45, 2.75) is 75.9 Å². The summed E-state index contributed by atoms with van der Waals surface area (Å²) in [6, 6.07) is 5.45. The molecule has 0 spiro atoms. The number of anilines is 1. The highest BCUT2D eigenvalue weighted by molar-refractivity contribution is 5.98. The molecule has 164 valence electrons. The van der Waals surface area contributed by atoms with E-state index in [0.717, 1.165) is 62.6 Å². The molecule has 0 radical (unpaired) electrons. The van der Waals surface area contributed by atoms with Crippen LogP contribution in [0, 0.1) is 0 Å². The average molecular weight is 425 g/mol. The highest BCUT2D eigenvalue weighted by atomic mass is 16.5. The van der Waals surface area contributed by atoms with Gasteiger partial charge in [0.1, 0.15) is 11.6 Å². The Kier molecular flexibility index (Phi) is 5.48. The van der Waals surface area contributed by atoms with E-state index in [0.29, 0.717) is 36.7 Å². The quantitative estimate of drug-likeness (QED) is 0.724. The van der Waals surface area contributed by atoms with Gasteiger partial charge in [0.15, 0.2) is 5.82 Å². The third-order valence-electron chi connectivity index (χ3n) is 6.65. The summed E-state index contributed by atoms with van der Waals surface area (Å²) in [4.78, 5) is 29.6. The lowest BCUT2D eigenvalue weighted by Gasteiger charge is -2.31. The molecule has 2 N–H and O–H groups in total. The predicted octanol–water partition coefficient (Wildman–Crippen LogP) is 3.79. The SMILES string of the molecule is O=C1CCc2cc(C(=O)NC3(c4noc(C5CCCO5)n4)CCCCCC3)ccc2N1. The molecule has 1 aliphatic carbocycles. The number of rotatable bonds is 4. The Morgan fingerprint density at radius 3 is 2.74 bits per heavy atom. The third kappa shape index (κ3) is 4.08. The second-order valence-corrected chi connectivity index (χ2v) is 8.83. The zero-order valence-corrected chi connectivity index (χ0v) is 17.6. The molecule has 3 aliphatic rings. The van der Waals surface area contributed by atoms with E-state index in [2.05, 4.69) is 15.8 Å². The van der Waals surface area contributed by atoms with Gasteiger partial charge in [-0.3, -0.25) is 9.59 Å². The normalized spacial score (nSPS) is 23.0. The van der Waals surface area contributed by atoms with Crippen molar-refractivity contribution >= 4 is 17.5 Å². The first-order chi connectivity index (χ1) is 15.1. The van der Waals surface area contributed by atoms with Gasteiger partial charge in [-0.1, -0.05) is 30.8 Å². The molecule has 31 heavy (non-hydrogen) atoms. The lowest BCUT2D eigenvalue weighted by molar-refractivity contribution is -0.116. The van der Waals surface area contributed by atoms with Gasteiger partial charge >= 0.3 is 0 Å². The molecule has 2 aliphatic heterocycles. The van der Waals surface area contributed by atoms with Gasteiger partial charge in [-0.05, 0) is 55.9 Å². The van der Waals surface area contributed by atoms with Crippen molar-refractivity contribution in [1.82, 2.24) is 15.5 Å². The summed E-state index contributed by atoms with van der Waals surface area (Å²) >= 11 is 0. The molecule has 1 aromatic carbocycles. The van der Waals surface area contributed by atoms with Crippen LogP contribution in [-0.2, 0) is 21.5 Å². The number of aryl methyl sites for hydroxylation is 1. The molecule has 2 fully saturated rings. The number of carbonyl (C=O) groups is 2. The van der Waals surface area contributed by atoms with Crippen molar-refractivity contribution in [1.29, 1.82) is 0 Å². The third-order valence-corrected chi connectivity index (χ3v) is 6.65. The number of fused-ring (bicyclic) bond motifs is 1. The van der Waals surface area contributed by atoms with Crippen LogP contribution < -0.4 is 10.6 Å². The van der Waals surface area contributed by atoms with Gasteiger partial charge in [0, 0.05) is 24.3 Å². The number of nitrogens with one attached hydrogen (secondary N) is 2. The van der Waals surface area contributed by atoms with Gasteiger partial charge in [0.2, 0.25) is 5.91 Å². The summed E-state index contributed by atoms with van der Waals surface area (Å²) < 4.78 is 11.3. The second-order valence-electron chi connectivity index (χ2n) is 8.83. The minimum absolute atomic E-state index is 0.0151. The Morgan fingerprint density at radius 1 is 1.13 bits per heavy atom. The Labute approximate surface area is 181 Å². The highest BCUT2D eigenvalue weighted by Gasteiger charge is 2.40. The van der Waals surface area contributed by atoms with Crippen molar-refractivity contribution in [2.24, 2.45) is 0 Å². The Bertz CT molecular complexity index is 972. The molecule has 2 aromatic rings. The van der Waals surface area contributed by atoms with Crippen LogP contribution in [-0.4, -0.2) is 28.6 Å². The number of aromatic nitrogens is 2. The number of ether oxygens (including phenoxy) is 1. The molecule has 2 amide bonds. The van der Waals surface area contributed by atoms with Crippen LogP contribution in [0.15, 0.2) is 22.7 Å². The number of benzene rings is 1. The molecule has 3 heterocycles. The van der Waals surface area contributed by atoms with Crippen molar-refractivity contribution in [3.05, 3.63) is 41.0 Å². The van der Waals surface area contributed by atoms with Crippen LogP contribution in [0.1, 0.15) is 91.5 Å². The summed E-state index contributed by atoms with van der Waals surface area (Å²) in [5.41, 5.74) is 1.72. The number of hydrogen-bond donors (Lipinski definition) is 2. The number of amides is 2. The van der Waals surface area contributed by atoms with Crippen LogP contribution in [0.25, 0.3) is 0 Å². The zero-order valence-electron chi connectivity index (χ0n) is 17.6. The fraction of sp³-hybridized carbons (Fsp3) is 0.565. The summed E-state index contributed by atoms with van der Waals surface area (Å²) in [5.74, 6) is 0.930. The van der Waals surface area contributed by atoms with Gasteiger partial charge in [-0.2, -0.15) is 4.98 Å². The standard InChI is InChI=1S/C23H28N4O4/c28-19-10-8-15-14-16(7-9-17(15)24-19)20(29)26-23(11-3-1-2-4-12-23)22-25-21(31-27-22)18-6-5-13-30-18/h7,9,14,18H,1-6,8,10-13H2,(H,24,28)(H,26,29). The first-order valence-electron chi connectivity index (χ1n) is 11.3. The van der Waals surface area contributed by atoms with E-state index in [9.17, 15) is 9.59 Å². The molecule has 1 saturated carbocycles. The number of hydrogen-bond acceptors (Lipinski definition) is 6. The fourth-order valence-corrected chi connectivity index (χ4v) is 4.88. The molecule has 1 unspecified atom stereocenters. The van der Waals surface area contributed by atoms with E-state index in [4.69, 9.17) is 14.2 Å². The molecule has 5 rings (SSSR count). The van der Waals surface area contributed by atoms with E-state index in [1.54, 1.807) is 6.07 Å². The predicted molar refractivity (Wildman–Crippen MR) is 112 cm³/mol. The monoisotopic (exact) mass is 424 g/mol. The van der Waals surface area contributed by atoms with Crippen LogP contribution in [0.4, 0.5) is 5.69 Å². The Hall–Kier alpha value is -2.74. The largest absolute Gasteiger partial charge is 0.368 e. The van der Waals surface area contributed by atoms with Gasteiger partial charge in [0.25, 0.3) is 11.8 Å². The lowest BCUT2D eigenvalue weighted by Crippen LogP contribution is -2.46. The number of carbonyl (C=O) groups excluding carboxylic acids is 2. The molecule has 0 bridgehead atoms. The number of nitrogens with zero attached hydrogens (tertiary/aromatic N) is 2. The van der Waals surface area contributed by atoms with Crippen molar-refractivity contribution in [3.8, 4) is 0 Å². The van der Waals surface area contributed by atoms with Crippen LogP contribution in [0.2, 0.25) is 0 Å². The minimum Gasteiger partial charge on any atom is -0.368 e. The summed E-state index contributed by atoms with van der Waals surface area (Å²) in [5, 5.41) is 10.4. The first-order valence-corrected chi connectivity index (χ1v) is 11.3. The maximum absolute atomic E-state index is 13.3. The summed E-state index contributed by atoms with van der Waals surface area (Å²) in [7, 11) is 0. The molecular formula is C23H28N4O4. The maximum atomic E-state index is 13.3. The van der Waals surface area contributed by atoms with Crippen LogP contribution in [0.5, 0.6) is 0 Å². The Balaban J connectivity index is 1.41. The topological polar surface area (TPSA) is 106 Å². The average Bonchev–Trinajstić information content (AvgIpc) is 3.43. The maximum Gasteiger partial charge on any atom is 0.255 e. The van der Waals surface area contributed by atoms with E-state index >= 15 is 0 Å². The molecule has 8 nitrogen and oxygen atoms in total. The summed E-state index contributed by atoms with van der Waals surface area (Å²) in [6.45, 7) is 0.711. The smallest absolute Gasteiger partial charge is 0.255 e. The van der Waals surface area contributed by atoms with E-state index < -0.39 is 5.54 Å². The molecule has 1 aromatic heterocycles. The van der Waals surface area contributed by atoms with Crippen LogP contribution >= 0.6 is 0 Å². The van der Waals surface area contributed by atoms with Crippen molar-refractivity contribution in [3.63, 3.8) is 0 Å².